The van der Waals surface area contributed by atoms with Gasteiger partial charge in [-0.05, 0) is 25.8 Å². The summed E-state index contributed by atoms with van der Waals surface area (Å²) >= 11 is 0. The molecule has 0 radical (unpaired) electrons. The summed E-state index contributed by atoms with van der Waals surface area (Å²) in [6.07, 6.45) is 2.52. The van der Waals surface area contributed by atoms with E-state index in [1.54, 1.807) is 18.2 Å². The number of para-hydroxylation sites is 2. The van der Waals surface area contributed by atoms with E-state index in [1.807, 2.05) is 6.92 Å². The largest absolute Gasteiger partial charge is 0.377 e. The molecule has 0 saturated carbocycles. The molecule has 1 fully saturated rings. The van der Waals surface area contributed by atoms with Crippen LogP contribution in [0.3, 0.4) is 0 Å². The molecule has 0 aliphatic carbocycles. The highest BCUT2D eigenvalue weighted by Gasteiger charge is 2.22. The summed E-state index contributed by atoms with van der Waals surface area (Å²) in [6.45, 7) is 2.67. The molecule has 1 N–H and O–H groups in total. The van der Waals surface area contributed by atoms with Crippen LogP contribution in [0.1, 0.15) is 19.8 Å². The van der Waals surface area contributed by atoms with Crippen LogP contribution in [0.4, 0.5) is 11.4 Å². The Kier molecular flexibility index (Phi) is 3.58. The van der Waals surface area contributed by atoms with Gasteiger partial charge >= 0.3 is 0 Å². The Morgan fingerprint density at radius 3 is 2.88 bits per heavy atom. The van der Waals surface area contributed by atoms with Gasteiger partial charge in [-0.2, -0.15) is 0 Å². The van der Waals surface area contributed by atoms with E-state index in [9.17, 15) is 10.1 Å². The summed E-state index contributed by atoms with van der Waals surface area (Å²) in [5.41, 5.74) is 0.666. The number of nitro benzene ring substituents is 1. The van der Waals surface area contributed by atoms with Gasteiger partial charge in [-0.3, -0.25) is 10.1 Å². The van der Waals surface area contributed by atoms with E-state index in [2.05, 4.69) is 5.32 Å². The van der Waals surface area contributed by atoms with Gasteiger partial charge in [0.15, 0.2) is 0 Å². The SMILES string of the molecule is CC1CCC(CNc2ccccc2[N+](=O)[O-])O1. The topological polar surface area (TPSA) is 64.4 Å². The van der Waals surface area contributed by atoms with Crippen LogP contribution in [0.2, 0.25) is 0 Å². The zero-order valence-corrected chi connectivity index (χ0v) is 9.76. The molecule has 0 bridgehead atoms. The molecule has 1 aromatic rings. The van der Waals surface area contributed by atoms with E-state index < -0.39 is 0 Å². The van der Waals surface area contributed by atoms with Crippen molar-refractivity contribution in [3.05, 3.63) is 34.4 Å². The summed E-state index contributed by atoms with van der Waals surface area (Å²) in [7, 11) is 0. The molecular weight excluding hydrogens is 220 g/mol. The fourth-order valence-corrected chi connectivity index (χ4v) is 2.04. The normalized spacial score (nSPS) is 23.6. The average molecular weight is 236 g/mol. The summed E-state index contributed by atoms with van der Waals surface area (Å²) in [5, 5.41) is 13.9. The van der Waals surface area contributed by atoms with Gasteiger partial charge in [0.2, 0.25) is 0 Å². The van der Waals surface area contributed by atoms with Crippen LogP contribution >= 0.6 is 0 Å². The van der Waals surface area contributed by atoms with Gasteiger partial charge in [0.05, 0.1) is 17.1 Å². The quantitative estimate of drug-likeness (QED) is 0.644. The van der Waals surface area contributed by atoms with Crippen LogP contribution in [0.25, 0.3) is 0 Å². The van der Waals surface area contributed by atoms with Crippen LogP contribution in [0, 0.1) is 10.1 Å². The highest BCUT2D eigenvalue weighted by Crippen LogP contribution is 2.25. The molecule has 0 spiro atoms. The number of nitrogens with one attached hydrogen (secondary N) is 1. The van der Waals surface area contributed by atoms with Gasteiger partial charge < -0.3 is 10.1 Å². The predicted octanol–water partition coefficient (Wildman–Crippen LogP) is 2.57. The van der Waals surface area contributed by atoms with Crippen molar-refractivity contribution in [2.75, 3.05) is 11.9 Å². The smallest absolute Gasteiger partial charge is 0.292 e. The van der Waals surface area contributed by atoms with Crippen molar-refractivity contribution in [1.82, 2.24) is 0 Å². The van der Waals surface area contributed by atoms with E-state index in [1.165, 1.54) is 6.07 Å². The Morgan fingerprint density at radius 1 is 1.47 bits per heavy atom. The third-order valence-corrected chi connectivity index (χ3v) is 2.94. The lowest BCUT2D eigenvalue weighted by Crippen LogP contribution is -2.20. The van der Waals surface area contributed by atoms with Crippen LogP contribution in [0.15, 0.2) is 24.3 Å². The molecule has 1 aliphatic rings. The molecule has 2 unspecified atom stereocenters. The van der Waals surface area contributed by atoms with Gasteiger partial charge in [0, 0.05) is 12.6 Å². The van der Waals surface area contributed by atoms with E-state index in [0.29, 0.717) is 18.3 Å². The lowest BCUT2D eigenvalue weighted by atomic mass is 10.2. The average Bonchev–Trinajstić information content (AvgIpc) is 2.73. The molecule has 1 aromatic carbocycles. The molecular formula is C12H16N2O3. The van der Waals surface area contributed by atoms with Crippen molar-refractivity contribution < 1.29 is 9.66 Å². The monoisotopic (exact) mass is 236 g/mol. The van der Waals surface area contributed by atoms with Crippen molar-refractivity contribution in [3.8, 4) is 0 Å². The van der Waals surface area contributed by atoms with E-state index >= 15 is 0 Å². The summed E-state index contributed by atoms with van der Waals surface area (Å²) in [5.74, 6) is 0. The number of hydrogen-bond acceptors (Lipinski definition) is 4. The summed E-state index contributed by atoms with van der Waals surface area (Å²) in [6, 6.07) is 6.67. The van der Waals surface area contributed by atoms with Gasteiger partial charge in [-0.1, -0.05) is 12.1 Å². The van der Waals surface area contributed by atoms with E-state index in [0.717, 1.165) is 12.8 Å². The second kappa shape index (κ2) is 5.14. The Hall–Kier alpha value is -1.62. The fourth-order valence-electron chi connectivity index (χ4n) is 2.04. The molecule has 2 rings (SSSR count). The molecule has 5 heteroatoms. The van der Waals surface area contributed by atoms with Gasteiger partial charge in [0.1, 0.15) is 5.69 Å². The zero-order chi connectivity index (χ0) is 12.3. The summed E-state index contributed by atoms with van der Waals surface area (Å²) < 4.78 is 5.65. The first-order valence-electron chi connectivity index (χ1n) is 5.79. The minimum absolute atomic E-state index is 0.110. The van der Waals surface area contributed by atoms with Crippen LogP contribution in [0.5, 0.6) is 0 Å². The maximum Gasteiger partial charge on any atom is 0.292 e. The number of anilines is 1. The van der Waals surface area contributed by atoms with Crippen LogP contribution < -0.4 is 5.32 Å². The number of hydrogen-bond donors (Lipinski definition) is 1. The molecule has 5 nitrogen and oxygen atoms in total. The van der Waals surface area contributed by atoms with Crippen LogP contribution in [-0.4, -0.2) is 23.7 Å². The molecule has 0 amide bonds. The highest BCUT2D eigenvalue weighted by molar-refractivity contribution is 5.61. The molecule has 0 aromatic heterocycles. The Balaban J connectivity index is 1.97. The van der Waals surface area contributed by atoms with Crippen molar-refractivity contribution in [2.45, 2.75) is 32.0 Å². The maximum atomic E-state index is 10.8. The number of nitro groups is 1. The molecule has 2 atom stereocenters. The maximum absolute atomic E-state index is 10.8. The highest BCUT2D eigenvalue weighted by atomic mass is 16.6. The van der Waals surface area contributed by atoms with Crippen molar-refractivity contribution in [1.29, 1.82) is 0 Å². The van der Waals surface area contributed by atoms with Gasteiger partial charge in [-0.25, -0.2) is 0 Å². The molecule has 1 heterocycles. The van der Waals surface area contributed by atoms with Crippen molar-refractivity contribution in [2.24, 2.45) is 0 Å². The number of nitrogens with zero attached hydrogens (tertiary/aromatic N) is 1. The first-order valence-corrected chi connectivity index (χ1v) is 5.79. The first-order chi connectivity index (χ1) is 8.16. The molecule has 1 aliphatic heterocycles. The van der Waals surface area contributed by atoms with Crippen molar-refractivity contribution >= 4 is 11.4 Å². The minimum Gasteiger partial charge on any atom is -0.377 e. The number of ether oxygens (including phenoxy) is 1. The fraction of sp³-hybridized carbons (Fsp3) is 0.500. The minimum atomic E-state index is -0.375. The van der Waals surface area contributed by atoms with Crippen LogP contribution in [-0.2, 0) is 4.74 Å². The number of rotatable bonds is 4. The van der Waals surface area contributed by atoms with Crippen molar-refractivity contribution in [3.63, 3.8) is 0 Å². The zero-order valence-electron chi connectivity index (χ0n) is 9.76. The predicted molar refractivity (Wildman–Crippen MR) is 65.2 cm³/mol. The summed E-state index contributed by atoms with van der Waals surface area (Å²) in [4.78, 5) is 10.4. The van der Waals surface area contributed by atoms with E-state index in [4.69, 9.17) is 4.74 Å². The lowest BCUT2D eigenvalue weighted by molar-refractivity contribution is -0.384. The first kappa shape index (κ1) is 11.9. The second-order valence-corrected chi connectivity index (χ2v) is 4.30. The second-order valence-electron chi connectivity index (χ2n) is 4.30. The lowest BCUT2D eigenvalue weighted by Gasteiger charge is -2.13. The Labute approximate surface area is 99.9 Å². The van der Waals surface area contributed by atoms with E-state index in [-0.39, 0.29) is 16.7 Å². The molecule has 92 valence electrons. The molecule has 17 heavy (non-hydrogen) atoms. The Bertz CT molecular complexity index is 408. The third kappa shape index (κ3) is 2.94. The van der Waals surface area contributed by atoms with Gasteiger partial charge in [-0.15, -0.1) is 0 Å². The molecule has 1 saturated heterocycles. The number of benzene rings is 1. The third-order valence-electron chi connectivity index (χ3n) is 2.94. The van der Waals surface area contributed by atoms with Gasteiger partial charge in [0.25, 0.3) is 5.69 Å². The Morgan fingerprint density at radius 2 is 2.24 bits per heavy atom. The standard InChI is InChI=1S/C12H16N2O3/c1-9-6-7-10(17-9)8-13-11-4-2-3-5-12(11)14(15)16/h2-5,9-10,13H,6-8H2,1H3.